The van der Waals surface area contributed by atoms with Crippen LogP contribution in [0.25, 0.3) is 16.6 Å². The first-order chi connectivity index (χ1) is 14.7. The molecule has 4 heterocycles. The zero-order valence-electron chi connectivity index (χ0n) is 16.9. The smallest absolute Gasteiger partial charge is 0.173 e. The summed E-state index contributed by atoms with van der Waals surface area (Å²) in [6, 6.07) is 8.49. The Bertz CT molecular complexity index is 1250. The molecule has 0 amide bonds. The standard InChI is InChI=1S/C22H24FN7/c1-14-12-29-13-15(10-19(23)22(29)25-14)26-21-18-5-4-17(28-8-6-24-7-9-28)11-20(18)30(27-21)16-2-3-16/h4-5,10-13,16,24H,2-3,6-9H2,1H3,(H,26,27). The van der Waals surface area contributed by atoms with Crippen molar-refractivity contribution >= 4 is 33.7 Å². The SMILES string of the molecule is Cc1cn2cc(Nc3nn(C4CC4)c4cc(N5CCNCC5)ccc34)cc(F)c2n1. The molecular formula is C22H24FN7. The molecule has 0 unspecified atom stereocenters. The molecule has 30 heavy (non-hydrogen) atoms. The van der Waals surface area contributed by atoms with E-state index in [9.17, 15) is 4.39 Å². The third-order valence-electron chi connectivity index (χ3n) is 5.96. The quantitative estimate of drug-likeness (QED) is 0.543. The maximum absolute atomic E-state index is 14.5. The molecule has 2 aliphatic rings. The minimum atomic E-state index is -0.347. The molecule has 3 aromatic heterocycles. The number of anilines is 3. The lowest BCUT2D eigenvalue weighted by Crippen LogP contribution is -2.43. The van der Waals surface area contributed by atoms with E-state index in [1.54, 1.807) is 4.40 Å². The van der Waals surface area contributed by atoms with Crippen LogP contribution in [0.1, 0.15) is 24.6 Å². The number of benzene rings is 1. The summed E-state index contributed by atoms with van der Waals surface area (Å²) in [5, 5.41) is 12.7. The minimum absolute atomic E-state index is 0.340. The van der Waals surface area contributed by atoms with Crippen LogP contribution in [0, 0.1) is 12.7 Å². The van der Waals surface area contributed by atoms with E-state index in [1.807, 2.05) is 19.3 Å². The Morgan fingerprint density at radius 2 is 1.97 bits per heavy atom. The van der Waals surface area contributed by atoms with Crippen LogP contribution in [0.15, 0.2) is 36.7 Å². The van der Waals surface area contributed by atoms with Crippen LogP contribution in [-0.4, -0.2) is 45.3 Å². The lowest BCUT2D eigenvalue weighted by molar-refractivity contribution is 0.589. The number of nitrogens with zero attached hydrogens (tertiary/aromatic N) is 5. The number of hydrogen-bond donors (Lipinski definition) is 2. The van der Waals surface area contributed by atoms with Gasteiger partial charge in [0.25, 0.3) is 0 Å². The van der Waals surface area contributed by atoms with Gasteiger partial charge in [-0.05, 0) is 38.0 Å². The van der Waals surface area contributed by atoms with Crippen molar-refractivity contribution in [2.45, 2.75) is 25.8 Å². The second-order valence-electron chi connectivity index (χ2n) is 8.28. The highest BCUT2D eigenvalue weighted by Gasteiger charge is 2.28. The van der Waals surface area contributed by atoms with Crippen LogP contribution in [0.3, 0.4) is 0 Å². The highest BCUT2D eigenvalue weighted by molar-refractivity contribution is 5.94. The van der Waals surface area contributed by atoms with Crippen LogP contribution in [0.2, 0.25) is 0 Å². The Hall–Kier alpha value is -3.13. The first kappa shape index (κ1) is 17.7. The van der Waals surface area contributed by atoms with E-state index in [4.69, 9.17) is 5.10 Å². The maximum atomic E-state index is 14.5. The summed E-state index contributed by atoms with van der Waals surface area (Å²) >= 11 is 0. The van der Waals surface area contributed by atoms with Crippen molar-refractivity contribution in [2.75, 3.05) is 36.4 Å². The van der Waals surface area contributed by atoms with Gasteiger partial charge >= 0.3 is 0 Å². The zero-order chi connectivity index (χ0) is 20.2. The van der Waals surface area contributed by atoms with E-state index in [0.29, 0.717) is 17.4 Å². The summed E-state index contributed by atoms with van der Waals surface area (Å²) in [6.45, 7) is 5.90. The van der Waals surface area contributed by atoms with Gasteiger partial charge in [-0.3, -0.25) is 4.68 Å². The maximum Gasteiger partial charge on any atom is 0.173 e. The van der Waals surface area contributed by atoms with Gasteiger partial charge in [0, 0.05) is 55.7 Å². The average Bonchev–Trinajstić information content (AvgIpc) is 3.44. The van der Waals surface area contributed by atoms with Crippen LogP contribution in [0.4, 0.5) is 21.6 Å². The van der Waals surface area contributed by atoms with Gasteiger partial charge in [-0.2, -0.15) is 5.10 Å². The van der Waals surface area contributed by atoms with Gasteiger partial charge in [0.05, 0.1) is 22.9 Å². The number of imidazole rings is 1. The molecule has 6 rings (SSSR count). The van der Waals surface area contributed by atoms with Gasteiger partial charge in [-0.25, -0.2) is 9.37 Å². The number of halogens is 1. The van der Waals surface area contributed by atoms with Gasteiger partial charge in [0.15, 0.2) is 17.3 Å². The Balaban J connectivity index is 1.40. The lowest BCUT2D eigenvalue weighted by Gasteiger charge is -2.29. The van der Waals surface area contributed by atoms with E-state index in [-0.39, 0.29) is 5.82 Å². The van der Waals surface area contributed by atoms with Crippen LogP contribution < -0.4 is 15.5 Å². The summed E-state index contributed by atoms with van der Waals surface area (Å²) in [5.74, 6) is 0.416. The molecule has 1 saturated carbocycles. The summed E-state index contributed by atoms with van der Waals surface area (Å²) in [6.07, 6.45) is 5.99. The fraction of sp³-hybridized carbons (Fsp3) is 0.364. The summed E-state index contributed by atoms with van der Waals surface area (Å²) < 4.78 is 18.4. The third kappa shape index (κ3) is 2.99. The van der Waals surface area contributed by atoms with Crippen molar-refractivity contribution in [3.63, 3.8) is 0 Å². The Labute approximate surface area is 173 Å². The Kier molecular flexibility index (Phi) is 3.95. The lowest BCUT2D eigenvalue weighted by atomic mass is 10.2. The Morgan fingerprint density at radius 1 is 1.13 bits per heavy atom. The fourth-order valence-electron chi connectivity index (χ4n) is 4.32. The summed E-state index contributed by atoms with van der Waals surface area (Å²) in [7, 11) is 0. The van der Waals surface area contributed by atoms with Gasteiger partial charge < -0.3 is 19.9 Å². The zero-order valence-corrected chi connectivity index (χ0v) is 16.9. The van der Waals surface area contributed by atoms with Crippen molar-refractivity contribution in [1.29, 1.82) is 0 Å². The van der Waals surface area contributed by atoms with E-state index in [1.165, 1.54) is 11.8 Å². The van der Waals surface area contributed by atoms with Crippen LogP contribution >= 0.6 is 0 Å². The fourth-order valence-corrected chi connectivity index (χ4v) is 4.32. The summed E-state index contributed by atoms with van der Waals surface area (Å²) in [5.41, 5.74) is 4.16. The molecule has 1 aromatic carbocycles. The third-order valence-corrected chi connectivity index (χ3v) is 5.96. The molecule has 1 saturated heterocycles. The molecule has 1 aliphatic carbocycles. The van der Waals surface area contributed by atoms with Gasteiger partial charge in [0.1, 0.15) is 0 Å². The monoisotopic (exact) mass is 405 g/mol. The number of rotatable bonds is 4. The first-order valence-corrected chi connectivity index (χ1v) is 10.6. The number of nitrogens with one attached hydrogen (secondary N) is 2. The average molecular weight is 405 g/mol. The molecule has 0 atom stereocenters. The number of pyridine rings is 1. The van der Waals surface area contributed by atoms with E-state index >= 15 is 0 Å². The molecule has 4 aromatic rings. The predicted molar refractivity (Wildman–Crippen MR) is 116 cm³/mol. The molecule has 1 aliphatic heterocycles. The number of aromatic nitrogens is 4. The topological polar surface area (TPSA) is 62.4 Å². The molecule has 2 fully saturated rings. The number of aryl methyl sites for hydroxylation is 1. The van der Waals surface area contributed by atoms with Gasteiger partial charge in [-0.15, -0.1) is 0 Å². The van der Waals surface area contributed by atoms with Crippen LogP contribution in [0.5, 0.6) is 0 Å². The molecular weight excluding hydrogens is 381 g/mol. The molecule has 0 spiro atoms. The molecule has 0 radical (unpaired) electrons. The van der Waals surface area contributed by atoms with Crippen molar-refractivity contribution in [3.05, 3.63) is 48.2 Å². The molecule has 8 heteroatoms. The molecule has 0 bridgehead atoms. The molecule has 2 N–H and O–H groups in total. The second-order valence-corrected chi connectivity index (χ2v) is 8.28. The van der Waals surface area contributed by atoms with Crippen molar-refractivity contribution in [3.8, 4) is 0 Å². The van der Waals surface area contributed by atoms with Crippen molar-refractivity contribution in [2.24, 2.45) is 0 Å². The van der Waals surface area contributed by atoms with Gasteiger partial charge in [0.2, 0.25) is 0 Å². The highest BCUT2D eigenvalue weighted by atomic mass is 19.1. The largest absolute Gasteiger partial charge is 0.369 e. The van der Waals surface area contributed by atoms with Crippen molar-refractivity contribution < 1.29 is 4.39 Å². The van der Waals surface area contributed by atoms with Gasteiger partial charge in [-0.1, -0.05) is 0 Å². The van der Waals surface area contributed by atoms with E-state index < -0.39 is 0 Å². The van der Waals surface area contributed by atoms with Crippen LogP contribution in [-0.2, 0) is 0 Å². The summed E-state index contributed by atoms with van der Waals surface area (Å²) in [4.78, 5) is 6.65. The highest BCUT2D eigenvalue weighted by Crippen LogP contribution is 2.40. The van der Waals surface area contributed by atoms with E-state index in [0.717, 1.165) is 61.4 Å². The number of piperazine rings is 1. The number of fused-ring (bicyclic) bond motifs is 2. The first-order valence-electron chi connectivity index (χ1n) is 10.6. The van der Waals surface area contributed by atoms with Crippen molar-refractivity contribution in [1.82, 2.24) is 24.5 Å². The normalized spacial score (nSPS) is 17.2. The Morgan fingerprint density at radius 3 is 2.77 bits per heavy atom. The number of hydrogen-bond acceptors (Lipinski definition) is 5. The molecule has 7 nitrogen and oxygen atoms in total. The minimum Gasteiger partial charge on any atom is -0.369 e. The van der Waals surface area contributed by atoms with E-state index in [2.05, 4.69) is 43.4 Å². The molecule has 154 valence electrons. The predicted octanol–water partition coefficient (Wildman–Crippen LogP) is 3.62. The second kappa shape index (κ2) is 6.70.